The molecule has 1 aliphatic rings. The van der Waals surface area contributed by atoms with Crippen LogP contribution in [-0.2, 0) is 4.74 Å². The van der Waals surface area contributed by atoms with Crippen molar-refractivity contribution in [2.24, 2.45) is 0 Å². The van der Waals surface area contributed by atoms with Crippen molar-refractivity contribution in [3.8, 4) is 0 Å². The van der Waals surface area contributed by atoms with Crippen LogP contribution in [0.1, 0.15) is 11.6 Å². The minimum Gasteiger partial charge on any atom is -0.378 e. The second kappa shape index (κ2) is 5.79. The van der Waals surface area contributed by atoms with Gasteiger partial charge in [-0.3, -0.25) is 10.1 Å². The van der Waals surface area contributed by atoms with E-state index >= 15 is 0 Å². The second-order valence-corrected chi connectivity index (χ2v) is 3.43. The Balaban J connectivity index is 0.00000128. The van der Waals surface area contributed by atoms with Crippen LogP contribution in [0.2, 0.25) is 0 Å². The highest BCUT2D eigenvalue weighted by atomic mass is 35.5. The largest absolute Gasteiger partial charge is 0.378 e. The van der Waals surface area contributed by atoms with Crippen molar-refractivity contribution >= 4 is 18.1 Å². The fraction of sp³-hybridized carbons (Fsp3) is 0.400. The Kier molecular flexibility index (Phi) is 4.67. The molecule has 1 aromatic rings. The Labute approximate surface area is 99.4 Å². The number of ether oxygens (including phenoxy) is 1. The van der Waals surface area contributed by atoms with Gasteiger partial charge in [0, 0.05) is 18.7 Å². The summed E-state index contributed by atoms with van der Waals surface area (Å²) in [6.07, 6.45) is 0. The van der Waals surface area contributed by atoms with Crippen LogP contribution in [0.25, 0.3) is 0 Å². The molecule has 1 aromatic carbocycles. The van der Waals surface area contributed by atoms with E-state index in [1.165, 1.54) is 6.07 Å². The highest BCUT2D eigenvalue weighted by molar-refractivity contribution is 5.85. The van der Waals surface area contributed by atoms with Crippen LogP contribution in [0.4, 0.5) is 5.69 Å². The maximum atomic E-state index is 10.6. The zero-order valence-electron chi connectivity index (χ0n) is 8.59. The molecule has 0 bridgehead atoms. The van der Waals surface area contributed by atoms with E-state index in [0.29, 0.717) is 13.2 Å². The summed E-state index contributed by atoms with van der Waals surface area (Å²) in [5.74, 6) is 0. The number of hydrogen-bond acceptors (Lipinski definition) is 4. The van der Waals surface area contributed by atoms with E-state index in [4.69, 9.17) is 4.74 Å². The smallest absolute Gasteiger partial charge is 0.269 e. The standard InChI is InChI=1S/C10H12N2O3.ClH/c13-12(14)9-3-1-2-8(6-9)10-7-15-5-4-11-10;/h1-3,6,10-11H,4-5,7H2;1H/t10-;/m0./s1. The number of nitrogens with one attached hydrogen (secondary N) is 1. The van der Waals surface area contributed by atoms with Gasteiger partial charge in [0.05, 0.1) is 24.2 Å². The quantitative estimate of drug-likeness (QED) is 0.635. The zero-order chi connectivity index (χ0) is 10.7. The number of nitro benzene ring substituents is 1. The van der Waals surface area contributed by atoms with Crippen molar-refractivity contribution < 1.29 is 9.66 Å². The van der Waals surface area contributed by atoms with Crippen molar-refractivity contribution in [3.63, 3.8) is 0 Å². The van der Waals surface area contributed by atoms with Crippen LogP contribution < -0.4 is 5.32 Å². The molecule has 1 N–H and O–H groups in total. The van der Waals surface area contributed by atoms with Gasteiger partial charge in [0.15, 0.2) is 0 Å². The molecule has 0 spiro atoms. The number of halogens is 1. The zero-order valence-corrected chi connectivity index (χ0v) is 9.40. The molecular weight excluding hydrogens is 232 g/mol. The first-order valence-corrected chi connectivity index (χ1v) is 4.83. The van der Waals surface area contributed by atoms with E-state index in [0.717, 1.165) is 12.1 Å². The molecule has 1 atom stereocenters. The first-order chi connectivity index (χ1) is 7.27. The van der Waals surface area contributed by atoms with Gasteiger partial charge in [-0.05, 0) is 5.56 Å². The SMILES string of the molecule is Cl.O=[N+]([O-])c1cccc([C@@H]2COCCN2)c1. The second-order valence-electron chi connectivity index (χ2n) is 3.43. The van der Waals surface area contributed by atoms with Gasteiger partial charge < -0.3 is 10.1 Å². The molecule has 0 aromatic heterocycles. The lowest BCUT2D eigenvalue weighted by Gasteiger charge is -2.23. The maximum Gasteiger partial charge on any atom is 0.269 e. The molecule has 2 rings (SSSR count). The van der Waals surface area contributed by atoms with Gasteiger partial charge >= 0.3 is 0 Å². The molecule has 0 radical (unpaired) electrons. The van der Waals surface area contributed by atoms with E-state index in [2.05, 4.69) is 5.32 Å². The topological polar surface area (TPSA) is 64.4 Å². The molecule has 5 nitrogen and oxygen atoms in total. The predicted octanol–water partition coefficient (Wildman–Crippen LogP) is 1.68. The van der Waals surface area contributed by atoms with E-state index in [-0.39, 0.29) is 29.1 Å². The van der Waals surface area contributed by atoms with Crippen LogP contribution in [0.5, 0.6) is 0 Å². The third-order valence-electron chi connectivity index (χ3n) is 2.41. The minimum atomic E-state index is -0.382. The summed E-state index contributed by atoms with van der Waals surface area (Å²) in [6.45, 7) is 2.06. The molecule has 0 amide bonds. The summed E-state index contributed by atoms with van der Waals surface area (Å²) in [5, 5.41) is 13.8. The number of nitrogens with zero attached hydrogens (tertiary/aromatic N) is 1. The molecule has 1 fully saturated rings. The highest BCUT2D eigenvalue weighted by Gasteiger charge is 2.17. The number of benzene rings is 1. The number of rotatable bonds is 2. The third kappa shape index (κ3) is 2.91. The number of nitro groups is 1. The van der Waals surface area contributed by atoms with E-state index in [1.807, 2.05) is 6.07 Å². The van der Waals surface area contributed by atoms with Gasteiger partial charge in [-0.1, -0.05) is 12.1 Å². The summed E-state index contributed by atoms with van der Waals surface area (Å²) in [4.78, 5) is 10.2. The van der Waals surface area contributed by atoms with Crippen LogP contribution >= 0.6 is 12.4 Å². The minimum absolute atomic E-state index is 0. The molecule has 0 saturated carbocycles. The summed E-state index contributed by atoms with van der Waals surface area (Å²) in [7, 11) is 0. The van der Waals surface area contributed by atoms with Crippen LogP contribution in [0.3, 0.4) is 0 Å². The Morgan fingerprint density at radius 3 is 2.94 bits per heavy atom. The Hall–Kier alpha value is -1.17. The van der Waals surface area contributed by atoms with Gasteiger partial charge in [0.25, 0.3) is 5.69 Å². The normalized spacial score (nSPS) is 19.9. The summed E-state index contributed by atoms with van der Waals surface area (Å²) in [5.41, 5.74) is 1.03. The van der Waals surface area contributed by atoms with Gasteiger partial charge in [-0.15, -0.1) is 12.4 Å². The molecule has 88 valence electrons. The molecule has 0 aliphatic carbocycles. The maximum absolute atomic E-state index is 10.6. The van der Waals surface area contributed by atoms with E-state index in [1.54, 1.807) is 12.1 Å². The first-order valence-electron chi connectivity index (χ1n) is 4.83. The van der Waals surface area contributed by atoms with E-state index in [9.17, 15) is 10.1 Å². The van der Waals surface area contributed by atoms with Gasteiger partial charge in [-0.2, -0.15) is 0 Å². The molecule has 6 heteroatoms. The molecular formula is C10H13ClN2O3. The van der Waals surface area contributed by atoms with Crippen molar-refractivity contribution in [2.45, 2.75) is 6.04 Å². The molecule has 1 aliphatic heterocycles. The number of hydrogen-bond donors (Lipinski definition) is 1. The lowest BCUT2D eigenvalue weighted by atomic mass is 10.1. The molecule has 1 saturated heterocycles. The summed E-state index contributed by atoms with van der Waals surface area (Å²) < 4.78 is 5.30. The average molecular weight is 245 g/mol. The van der Waals surface area contributed by atoms with Gasteiger partial charge in [0.1, 0.15) is 0 Å². The molecule has 16 heavy (non-hydrogen) atoms. The van der Waals surface area contributed by atoms with Crippen molar-refractivity contribution in [3.05, 3.63) is 39.9 Å². The van der Waals surface area contributed by atoms with Crippen LogP contribution in [0.15, 0.2) is 24.3 Å². The summed E-state index contributed by atoms with van der Waals surface area (Å²) in [6, 6.07) is 6.72. The summed E-state index contributed by atoms with van der Waals surface area (Å²) >= 11 is 0. The predicted molar refractivity (Wildman–Crippen MR) is 61.9 cm³/mol. The Morgan fingerprint density at radius 2 is 2.31 bits per heavy atom. The lowest BCUT2D eigenvalue weighted by Crippen LogP contribution is -2.34. The van der Waals surface area contributed by atoms with Crippen LogP contribution in [0, 0.1) is 10.1 Å². The highest BCUT2D eigenvalue weighted by Crippen LogP contribution is 2.20. The van der Waals surface area contributed by atoms with Gasteiger partial charge in [-0.25, -0.2) is 0 Å². The van der Waals surface area contributed by atoms with Crippen molar-refractivity contribution in [1.29, 1.82) is 0 Å². The lowest BCUT2D eigenvalue weighted by molar-refractivity contribution is -0.384. The molecule has 1 heterocycles. The van der Waals surface area contributed by atoms with Crippen molar-refractivity contribution in [2.75, 3.05) is 19.8 Å². The Bertz CT molecular complexity index is 367. The van der Waals surface area contributed by atoms with E-state index < -0.39 is 0 Å². The fourth-order valence-electron chi connectivity index (χ4n) is 1.63. The number of non-ortho nitro benzene ring substituents is 1. The average Bonchev–Trinajstić information content (AvgIpc) is 2.30. The number of morpholine rings is 1. The molecule has 0 unspecified atom stereocenters. The first kappa shape index (κ1) is 12.9. The Morgan fingerprint density at radius 1 is 1.50 bits per heavy atom. The van der Waals surface area contributed by atoms with Crippen LogP contribution in [-0.4, -0.2) is 24.7 Å². The third-order valence-corrected chi connectivity index (χ3v) is 2.41. The fourth-order valence-corrected chi connectivity index (χ4v) is 1.63. The van der Waals surface area contributed by atoms with Gasteiger partial charge in [0.2, 0.25) is 0 Å². The monoisotopic (exact) mass is 244 g/mol. The van der Waals surface area contributed by atoms with Crippen molar-refractivity contribution in [1.82, 2.24) is 5.32 Å².